The minimum absolute atomic E-state index is 0.0263. The van der Waals surface area contributed by atoms with Crippen molar-refractivity contribution < 1.29 is 4.42 Å². The molecule has 0 saturated carbocycles. The average Bonchev–Trinajstić information content (AvgIpc) is 2.87. The summed E-state index contributed by atoms with van der Waals surface area (Å²) in [7, 11) is 1.93. The lowest BCUT2D eigenvalue weighted by Crippen LogP contribution is -2.17. The van der Waals surface area contributed by atoms with Gasteiger partial charge in [0.1, 0.15) is 11.3 Å². The van der Waals surface area contributed by atoms with Gasteiger partial charge in [-0.2, -0.15) is 0 Å². The van der Waals surface area contributed by atoms with Crippen LogP contribution in [0.4, 0.5) is 0 Å². The van der Waals surface area contributed by atoms with Crippen molar-refractivity contribution in [1.82, 2.24) is 5.32 Å². The fourth-order valence-electron chi connectivity index (χ4n) is 2.47. The summed E-state index contributed by atoms with van der Waals surface area (Å²) in [6.45, 7) is 2.01. The molecule has 3 heteroatoms. The van der Waals surface area contributed by atoms with E-state index in [1.54, 1.807) is 0 Å². The van der Waals surface area contributed by atoms with Gasteiger partial charge in [0.25, 0.3) is 0 Å². The van der Waals surface area contributed by atoms with Crippen molar-refractivity contribution in [3.63, 3.8) is 0 Å². The predicted octanol–water partition coefficient (Wildman–Crippen LogP) is 4.70. The number of fused-ring (bicyclic) bond motifs is 1. The van der Waals surface area contributed by atoms with Crippen LogP contribution in [0.5, 0.6) is 0 Å². The molecule has 0 radical (unpaired) electrons. The molecule has 20 heavy (non-hydrogen) atoms. The Bertz CT molecular complexity index is 715. The van der Waals surface area contributed by atoms with Gasteiger partial charge in [0.2, 0.25) is 0 Å². The van der Waals surface area contributed by atoms with Crippen molar-refractivity contribution in [1.29, 1.82) is 0 Å². The average molecular weight is 286 g/mol. The molecule has 0 amide bonds. The van der Waals surface area contributed by atoms with Crippen LogP contribution in [0.2, 0.25) is 5.02 Å². The molecule has 0 fully saturated rings. The molecule has 1 N–H and O–H groups in total. The number of aryl methyl sites for hydroxylation is 1. The topological polar surface area (TPSA) is 25.2 Å². The number of hydrogen-bond donors (Lipinski definition) is 1. The summed E-state index contributed by atoms with van der Waals surface area (Å²) in [5, 5.41) is 5.21. The molecule has 1 aromatic heterocycles. The van der Waals surface area contributed by atoms with Crippen molar-refractivity contribution in [3.8, 4) is 0 Å². The van der Waals surface area contributed by atoms with Gasteiger partial charge in [0, 0.05) is 10.4 Å². The molecule has 0 spiro atoms. The van der Waals surface area contributed by atoms with E-state index in [-0.39, 0.29) is 6.04 Å². The molecule has 2 aromatic carbocycles. The second-order valence-electron chi connectivity index (χ2n) is 4.92. The highest BCUT2D eigenvalue weighted by Crippen LogP contribution is 2.29. The first-order valence-electron chi connectivity index (χ1n) is 6.61. The highest BCUT2D eigenvalue weighted by Gasteiger charge is 2.17. The summed E-state index contributed by atoms with van der Waals surface area (Å²) >= 11 is 6.09. The fraction of sp³-hybridized carbons (Fsp3) is 0.176. The zero-order valence-corrected chi connectivity index (χ0v) is 12.2. The fourth-order valence-corrected chi connectivity index (χ4v) is 2.58. The van der Waals surface area contributed by atoms with Gasteiger partial charge in [-0.1, -0.05) is 41.9 Å². The minimum atomic E-state index is 0.0263. The molecule has 0 aliphatic rings. The Balaban J connectivity index is 2.06. The first-order chi connectivity index (χ1) is 9.69. The summed E-state index contributed by atoms with van der Waals surface area (Å²) in [6.07, 6.45) is 0. The van der Waals surface area contributed by atoms with Gasteiger partial charge in [-0.05, 0) is 43.3 Å². The molecular formula is C17H16ClNO. The second-order valence-corrected chi connectivity index (χ2v) is 5.32. The van der Waals surface area contributed by atoms with Crippen LogP contribution in [-0.4, -0.2) is 7.05 Å². The number of para-hydroxylation sites is 1. The van der Waals surface area contributed by atoms with Crippen LogP contribution in [0.25, 0.3) is 11.0 Å². The molecule has 0 saturated heterocycles. The van der Waals surface area contributed by atoms with E-state index in [0.29, 0.717) is 0 Å². The second kappa shape index (κ2) is 5.31. The maximum atomic E-state index is 6.09. The maximum absolute atomic E-state index is 6.09. The molecule has 1 unspecified atom stereocenters. The number of nitrogens with one attached hydrogen (secondary N) is 1. The summed E-state index contributed by atoms with van der Waals surface area (Å²) in [5.74, 6) is 0.912. The van der Waals surface area contributed by atoms with E-state index in [4.69, 9.17) is 16.0 Å². The molecular weight excluding hydrogens is 270 g/mol. The predicted molar refractivity (Wildman–Crippen MR) is 83.3 cm³/mol. The van der Waals surface area contributed by atoms with Crippen molar-refractivity contribution in [3.05, 3.63) is 70.4 Å². The zero-order valence-electron chi connectivity index (χ0n) is 11.5. The molecule has 3 aromatic rings. The standard InChI is InChI=1S/C17H16ClNO/c1-11-9-13(7-8-14(11)18)17(19-2)16-10-12-5-3-4-6-15(12)20-16/h3-10,17,19H,1-2H3. The smallest absolute Gasteiger partial charge is 0.134 e. The highest BCUT2D eigenvalue weighted by atomic mass is 35.5. The zero-order chi connectivity index (χ0) is 14.1. The first kappa shape index (κ1) is 13.2. The van der Waals surface area contributed by atoms with Crippen LogP contribution in [0.15, 0.2) is 52.9 Å². The molecule has 2 nitrogen and oxygen atoms in total. The van der Waals surface area contributed by atoms with Crippen molar-refractivity contribution >= 4 is 22.6 Å². The van der Waals surface area contributed by atoms with Crippen LogP contribution < -0.4 is 5.32 Å². The monoisotopic (exact) mass is 285 g/mol. The minimum Gasteiger partial charge on any atom is -0.459 e. The Morgan fingerprint density at radius 2 is 1.90 bits per heavy atom. The van der Waals surface area contributed by atoms with Crippen LogP contribution in [-0.2, 0) is 0 Å². The SMILES string of the molecule is CNC(c1ccc(Cl)c(C)c1)c1cc2ccccc2o1. The van der Waals surface area contributed by atoms with E-state index < -0.39 is 0 Å². The summed E-state index contributed by atoms with van der Waals surface area (Å²) in [5.41, 5.74) is 3.13. The lowest BCUT2D eigenvalue weighted by Gasteiger charge is -2.15. The van der Waals surface area contributed by atoms with Crippen LogP contribution >= 0.6 is 11.6 Å². The van der Waals surface area contributed by atoms with Gasteiger partial charge >= 0.3 is 0 Å². The quantitative estimate of drug-likeness (QED) is 0.754. The van der Waals surface area contributed by atoms with E-state index in [1.807, 2.05) is 44.3 Å². The number of benzene rings is 2. The molecule has 102 valence electrons. The Kier molecular flexibility index (Phi) is 3.51. The molecule has 1 heterocycles. The summed E-state index contributed by atoms with van der Waals surface area (Å²) in [4.78, 5) is 0. The largest absolute Gasteiger partial charge is 0.459 e. The van der Waals surface area contributed by atoms with E-state index in [1.165, 1.54) is 0 Å². The number of furan rings is 1. The van der Waals surface area contributed by atoms with Gasteiger partial charge in [-0.3, -0.25) is 0 Å². The van der Waals surface area contributed by atoms with Crippen molar-refractivity contribution in [2.75, 3.05) is 7.05 Å². The Morgan fingerprint density at radius 1 is 1.10 bits per heavy atom. The van der Waals surface area contributed by atoms with Crippen LogP contribution in [0, 0.1) is 6.92 Å². The Morgan fingerprint density at radius 3 is 2.60 bits per heavy atom. The van der Waals surface area contributed by atoms with Gasteiger partial charge < -0.3 is 9.73 Å². The van der Waals surface area contributed by atoms with Gasteiger partial charge in [0.15, 0.2) is 0 Å². The molecule has 0 bridgehead atoms. The maximum Gasteiger partial charge on any atom is 0.134 e. The highest BCUT2D eigenvalue weighted by molar-refractivity contribution is 6.31. The van der Waals surface area contributed by atoms with E-state index in [2.05, 4.69) is 23.5 Å². The molecule has 1 atom stereocenters. The number of rotatable bonds is 3. The lowest BCUT2D eigenvalue weighted by molar-refractivity contribution is 0.491. The normalized spacial score (nSPS) is 12.8. The third-order valence-electron chi connectivity index (χ3n) is 3.53. The van der Waals surface area contributed by atoms with Gasteiger partial charge in [-0.25, -0.2) is 0 Å². The van der Waals surface area contributed by atoms with Gasteiger partial charge in [0.05, 0.1) is 6.04 Å². The molecule has 3 rings (SSSR count). The van der Waals surface area contributed by atoms with Gasteiger partial charge in [-0.15, -0.1) is 0 Å². The Labute approximate surface area is 123 Å². The number of halogens is 1. The Hall–Kier alpha value is -1.77. The number of hydrogen-bond acceptors (Lipinski definition) is 2. The summed E-state index contributed by atoms with van der Waals surface area (Å²) < 4.78 is 5.95. The van der Waals surface area contributed by atoms with Crippen LogP contribution in [0.3, 0.4) is 0 Å². The van der Waals surface area contributed by atoms with E-state index in [0.717, 1.165) is 32.9 Å². The molecule has 0 aliphatic carbocycles. The van der Waals surface area contributed by atoms with E-state index in [9.17, 15) is 0 Å². The van der Waals surface area contributed by atoms with Crippen molar-refractivity contribution in [2.45, 2.75) is 13.0 Å². The third-order valence-corrected chi connectivity index (χ3v) is 3.96. The van der Waals surface area contributed by atoms with Crippen molar-refractivity contribution in [2.24, 2.45) is 0 Å². The summed E-state index contributed by atoms with van der Waals surface area (Å²) in [6, 6.07) is 16.2. The first-order valence-corrected chi connectivity index (χ1v) is 6.98. The lowest BCUT2D eigenvalue weighted by atomic mass is 10.0. The third kappa shape index (κ3) is 2.33. The van der Waals surface area contributed by atoms with Crippen LogP contribution in [0.1, 0.15) is 22.9 Å². The molecule has 0 aliphatic heterocycles. The van der Waals surface area contributed by atoms with E-state index >= 15 is 0 Å².